The Morgan fingerprint density at radius 3 is 1.92 bits per heavy atom. The van der Waals surface area contributed by atoms with Crippen LogP contribution in [0, 0.1) is 0 Å². The van der Waals surface area contributed by atoms with E-state index in [2.05, 4.69) is 10.6 Å². The van der Waals surface area contributed by atoms with E-state index in [-0.39, 0.29) is 0 Å². The summed E-state index contributed by atoms with van der Waals surface area (Å²) in [4.78, 5) is 10.3. The normalized spacial score (nSPS) is 37.7. The zero-order chi connectivity index (χ0) is 29.3. The molecule has 12 atom stereocenters. The monoisotopic (exact) mass is 574 g/mol. The molecule has 0 aromatic heterocycles. The van der Waals surface area contributed by atoms with Crippen molar-refractivity contribution in [2.75, 3.05) is 32.9 Å². The van der Waals surface area contributed by atoms with Crippen molar-refractivity contribution in [3.63, 3.8) is 0 Å². The van der Waals surface area contributed by atoms with E-state index in [4.69, 9.17) is 29.1 Å². The first-order valence-electron chi connectivity index (χ1n) is 12.7. The summed E-state index contributed by atoms with van der Waals surface area (Å²) >= 11 is 0. The fourth-order valence-corrected chi connectivity index (χ4v) is 4.14. The molecule has 0 aliphatic carbocycles. The molecule has 2 saturated heterocycles. The lowest BCUT2D eigenvalue weighted by atomic mass is 9.98. The highest BCUT2D eigenvalue weighted by molar-refractivity contribution is 5.08. The lowest BCUT2D eigenvalue weighted by Crippen LogP contribution is -2.64. The van der Waals surface area contributed by atoms with Crippen LogP contribution in [0.1, 0.15) is 20.3 Å². The fraction of sp³-hybridized carbons (Fsp3) is 0.909. The summed E-state index contributed by atoms with van der Waals surface area (Å²) in [6.45, 7) is 2.14. The van der Waals surface area contributed by atoms with Gasteiger partial charge in [-0.3, -0.25) is 10.6 Å². The van der Waals surface area contributed by atoms with Gasteiger partial charge in [-0.2, -0.15) is 4.89 Å². The Balaban J connectivity index is 2.29. The van der Waals surface area contributed by atoms with E-state index in [0.29, 0.717) is 13.1 Å². The Labute approximate surface area is 224 Å². The second-order valence-corrected chi connectivity index (χ2v) is 9.01. The maximum Gasteiger partial charge on any atom is 0.238 e. The number of rotatable bonds is 15. The lowest BCUT2D eigenvalue weighted by Gasteiger charge is -2.43. The molecule has 0 amide bonds. The van der Waals surface area contributed by atoms with Crippen molar-refractivity contribution < 1.29 is 75.1 Å². The maximum absolute atomic E-state index is 10.8. The SMILES string of the molecule is CCNC1OC(CO)C(OC(O)/C(OOC2C(NCC)OC(CO)C(O)C2O)=C(/O)C(O)CCO)C(O)C1O. The molecule has 39 heavy (non-hydrogen) atoms. The number of aliphatic hydroxyl groups is 10. The minimum Gasteiger partial charge on any atom is -0.506 e. The fourth-order valence-electron chi connectivity index (χ4n) is 4.14. The van der Waals surface area contributed by atoms with Crippen molar-refractivity contribution in [2.24, 2.45) is 0 Å². The van der Waals surface area contributed by atoms with Gasteiger partial charge in [0.1, 0.15) is 61.3 Å². The maximum atomic E-state index is 10.8. The lowest BCUT2D eigenvalue weighted by molar-refractivity contribution is -0.378. The van der Waals surface area contributed by atoms with Crippen LogP contribution in [0.15, 0.2) is 11.5 Å². The van der Waals surface area contributed by atoms with E-state index in [0.717, 1.165) is 0 Å². The van der Waals surface area contributed by atoms with Gasteiger partial charge in [-0.1, -0.05) is 13.8 Å². The van der Waals surface area contributed by atoms with Crippen LogP contribution in [0.25, 0.3) is 0 Å². The largest absolute Gasteiger partial charge is 0.506 e. The summed E-state index contributed by atoms with van der Waals surface area (Å²) in [6.07, 6.45) is -18.9. The van der Waals surface area contributed by atoms with Crippen molar-refractivity contribution in [1.29, 1.82) is 0 Å². The quantitative estimate of drug-likeness (QED) is 0.0376. The van der Waals surface area contributed by atoms with Gasteiger partial charge in [0, 0.05) is 13.0 Å². The standard InChI is InChI=1S/C22H42N2O15/c1-3-23-20-16(33)15(32)17(11(8-27)36-20)37-22(34)19(12(29)9(28)5-6-25)39-38-18-14(31)13(30)10(7-26)35-21(18)24-4-2/h9-11,13-18,20-34H,3-8H2,1-2H3/b19-12-. The van der Waals surface area contributed by atoms with E-state index in [1.165, 1.54) is 0 Å². The van der Waals surface area contributed by atoms with E-state index in [9.17, 15) is 46.0 Å². The molecule has 2 heterocycles. The van der Waals surface area contributed by atoms with Crippen LogP contribution in [-0.4, -0.2) is 158 Å². The molecule has 0 aromatic rings. The van der Waals surface area contributed by atoms with Gasteiger partial charge in [0.25, 0.3) is 0 Å². The highest BCUT2D eigenvalue weighted by Gasteiger charge is 2.48. The van der Waals surface area contributed by atoms with E-state index < -0.39 is 111 Å². The molecule has 0 saturated carbocycles. The Morgan fingerprint density at radius 2 is 1.36 bits per heavy atom. The molecule has 2 aliphatic heterocycles. The molecular weight excluding hydrogens is 532 g/mol. The average molecular weight is 575 g/mol. The van der Waals surface area contributed by atoms with Gasteiger partial charge >= 0.3 is 0 Å². The molecular formula is C22H42N2O15. The molecule has 0 spiro atoms. The van der Waals surface area contributed by atoms with Gasteiger partial charge in [0.05, 0.1) is 13.2 Å². The first-order chi connectivity index (χ1) is 18.6. The molecule has 2 fully saturated rings. The molecule has 12 unspecified atom stereocenters. The third-order valence-electron chi connectivity index (χ3n) is 6.27. The van der Waals surface area contributed by atoms with Gasteiger partial charge in [-0.05, 0) is 13.1 Å². The van der Waals surface area contributed by atoms with Gasteiger partial charge in [0.15, 0.2) is 11.9 Å². The van der Waals surface area contributed by atoms with Crippen LogP contribution in [0.2, 0.25) is 0 Å². The number of aliphatic hydroxyl groups excluding tert-OH is 10. The number of ether oxygens (including phenoxy) is 3. The summed E-state index contributed by atoms with van der Waals surface area (Å²) < 4.78 is 16.3. The number of nitrogens with one attached hydrogen (secondary N) is 2. The molecule has 0 bridgehead atoms. The zero-order valence-electron chi connectivity index (χ0n) is 21.7. The van der Waals surface area contributed by atoms with Gasteiger partial charge in [-0.15, -0.1) is 0 Å². The zero-order valence-corrected chi connectivity index (χ0v) is 21.7. The first-order valence-corrected chi connectivity index (χ1v) is 12.7. The van der Waals surface area contributed by atoms with Gasteiger partial charge < -0.3 is 70.2 Å². The highest BCUT2D eigenvalue weighted by Crippen LogP contribution is 2.28. The van der Waals surface area contributed by atoms with Crippen LogP contribution in [-0.2, 0) is 24.0 Å². The van der Waals surface area contributed by atoms with Crippen molar-refractivity contribution >= 4 is 0 Å². The summed E-state index contributed by atoms with van der Waals surface area (Å²) in [6, 6.07) is 0. The minimum absolute atomic E-state index is 0.290. The summed E-state index contributed by atoms with van der Waals surface area (Å²) in [5.74, 6) is -2.04. The van der Waals surface area contributed by atoms with E-state index in [1.54, 1.807) is 13.8 Å². The Hall–Kier alpha value is -1.26. The molecule has 0 aromatic carbocycles. The van der Waals surface area contributed by atoms with E-state index in [1.807, 2.05) is 0 Å². The van der Waals surface area contributed by atoms with Crippen molar-refractivity contribution in [3.05, 3.63) is 11.5 Å². The van der Waals surface area contributed by atoms with Crippen molar-refractivity contribution in [1.82, 2.24) is 10.6 Å². The Bertz CT molecular complexity index is 746. The third kappa shape index (κ3) is 8.38. The first kappa shape index (κ1) is 33.9. The Morgan fingerprint density at radius 1 is 0.795 bits per heavy atom. The van der Waals surface area contributed by atoms with Crippen LogP contribution >= 0.6 is 0 Å². The van der Waals surface area contributed by atoms with Crippen LogP contribution in [0.3, 0.4) is 0 Å². The van der Waals surface area contributed by atoms with E-state index >= 15 is 0 Å². The molecule has 17 heteroatoms. The van der Waals surface area contributed by atoms with Gasteiger partial charge in [-0.25, -0.2) is 0 Å². The third-order valence-corrected chi connectivity index (χ3v) is 6.27. The molecule has 2 aliphatic rings. The van der Waals surface area contributed by atoms with Crippen LogP contribution in [0.4, 0.5) is 0 Å². The molecule has 17 nitrogen and oxygen atoms in total. The molecule has 12 N–H and O–H groups in total. The second-order valence-electron chi connectivity index (χ2n) is 9.01. The summed E-state index contributed by atoms with van der Waals surface area (Å²) in [5.41, 5.74) is 0. The predicted octanol–water partition coefficient (Wildman–Crippen LogP) is -5.38. The topological polar surface area (TPSA) is 273 Å². The Kier molecular flexibility index (Phi) is 14.1. The van der Waals surface area contributed by atoms with Crippen LogP contribution in [0.5, 0.6) is 0 Å². The molecule has 2 rings (SSSR count). The molecule has 230 valence electrons. The number of hydrogen-bond acceptors (Lipinski definition) is 17. The smallest absolute Gasteiger partial charge is 0.238 e. The van der Waals surface area contributed by atoms with Gasteiger partial charge in [0.2, 0.25) is 12.0 Å². The van der Waals surface area contributed by atoms with Crippen molar-refractivity contribution in [2.45, 2.75) is 93.9 Å². The minimum atomic E-state index is -2.33. The highest BCUT2D eigenvalue weighted by atomic mass is 17.2. The summed E-state index contributed by atoms with van der Waals surface area (Å²) in [7, 11) is 0. The average Bonchev–Trinajstić information content (AvgIpc) is 2.91. The number of likely N-dealkylation sites (N-methyl/N-ethyl adjacent to an activating group) is 2. The predicted molar refractivity (Wildman–Crippen MR) is 127 cm³/mol. The number of hydrogen-bond donors (Lipinski definition) is 12. The van der Waals surface area contributed by atoms with Crippen molar-refractivity contribution in [3.8, 4) is 0 Å². The second kappa shape index (κ2) is 16.2. The summed E-state index contributed by atoms with van der Waals surface area (Å²) in [5, 5.41) is 107. The molecule has 0 radical (unpaired) electrons. The van der Waals surface area contributed by atoms with Crippen LogP contribution < -0.4 is 10.6 Å².